The van der Waals surface area contributed by atoms with Crippen molar-refractivity contribution in [1.29, 1.82) is 0 Å². The molecule has 0 radical (unpaired) electrons. The third-order valence-electron chi connectivity index (χ3n) is 12.4. The average molecular weight is 912 g/mol. The van der Waals surface area contributed by atoms with Crippen molar-refractivity contribution in [1.82, 2.24) is 5.32 Å². The molecule has 0 saturated carbocycles. The van der Waals surface area contributed by atoms with Crippen LogP contribution in [-0.4, -0.2) is 73.4 Å². The Kier molecular flexibility index (Phi) is 45.4. The van der Waals surface area contributed by atoms with E-state index in [4.69, 9.17) is 9.05 Å². The summed E-state index contributed by atoms with van der Waals surface area (Å²) in [4.78, 5) is 23.2. The Hall–Kier alpha value is -1.02. The minimum Gasteiger partial charge on any atom is -0.387 e. The lowest BCUT2D eigenvalue weighted by molar-refractivity contribution is -0.870. The van der Waals surface area contributed by atoms with Crippen molar-refractivity contribution in [2.45, 2.75) is 276 Å². The van der Waals surface area contributed by atoms with Gasteiger partial charge in [-0.3, -0.25) is 13.8 Å². The van der Waals surface area contributed by atoms with Gasteiger partial charge in [0.05, 0.1) is 39.9 Å². The lowest BCUT2D eigenvalue weighted by Gasteiger charge is -2.25. The zero-order valence-electron chi connectivity index (χ0n) is 42.6. The first-order chi connectivity index (χ1) is 30.5. The van der Waals surface area contributed by atoms with E-state index in [2.05, 4.69) is 31.3 Å². The summed E-state index contributed by atoms with van der Waals surface area (Å²) in [6.07, 6.45) is 57.1. The summed E-state index contributed by atoms with van der Waals surface area (Å²) in [6.45, 7) is 4.83. The van der Waals surface area contributed by atoms with Crippen LogP contribution < -0.4 is 5.32 Å². The van der Waals surface area contributed by atoms with Crippen molar-refractivity contribution < 1.29 is 32.9 Å². The minimum atomic E-state index is -4.34. The van der Waals surface area contributed by atoms with Gasteiger partial charge in [0.15, 0.2) is 0 Å². The number of aliphatic hydroxyl groups is 1. The first-order valence-electron chi connectivity index (χ1n) is 27.2. The second-order valence-electron chi connectivity index (χ2n) is 20.0. The molecule has 63 heavy (non-hydrogen) atoms. The van der Waals surface area contributed by atoms with Crippen molar-refractivity contribution >= 4 is 13.7 Å². The fourth-order valence-electron chi connectivity index (χ4n) is 8.10. The molecule has 1 amide bonds. The molecule has 0 fully saturated rings. The molecule has 3 N–H and O–H groups in total. The van der Waals surface area contributed by atoms with Crippen LogP contribution in [-0.2, 0) is 18.4 Å². The van der Waals surface area contributed by atoms with E-state index in [1.165, 1.54) is 205 Å². The molecular weight excluding hydrogens is 804 g/mol. The van der Waals surface area contributed by atoms with Gasteiger partial charge in [-0.1, -0.05) is 237 Å². The van der Waals surface area contributed by atoms with E-state index >= 15 is 0 Å². The van der Waals surface area contributed by atoms with Gasteiger partial charge in [0.2, 0.25) is 5.91 Å². The van der Waals surface area contributed by atoms with Gasteiger partial charge in [-0.2, -0.15) is 0 Å². The number of rotatable bonds is 50. The monoisotopic (exact) mass is 912 g/mol. The van der Waals surface area contributed by atoms with Crippen LogP contribution in [0, 0.1) is 0 Å². The van der Waals surface area contributed by atoms with Crippen molar-refractivity contribution in [3.8, 4) is 0 Å². The smallest absolute Gasteiger partial charge is 0.387 e. The summed E-state index contributed by atoms with van der Waals surface area (Å²) in [7, 11) is 1.58. The van der Waals surface area contributed by atoms with E-state index in [0.717, 1.165) is 38.5 Å². The predicted octanol–water partition coefficient (Wildman–Crippen LogP) is 16.0. The molecule has 0 saturated heterocycles. The topological polar surface area (TPSA) is 105 Å². The Morgan fingerprint density at radius 1 is 0.524 bits per heavy atom. The van der Waals surface area contributed by atoms with Crippen LogP contribution >= 0.6 is 7.82 Å². The molecule has 0 aliphatic heterocycles. The third kappa shape index (κ3) is 48.7. The van der Waals surface area contributed by atoms with Gasteiger partial charge < -0.3 is 19.8 Å². The highest BCUT2D eigenvalue weighted by Crippen LogP contribution is 2.43. The number of nitrogens with one attached hydrogen (secondary N) is 1. The lowest BCUT2D eigenvalue weighted by atomic mass is 10.0. The highest BCUT2D eigenvalue weighted by Gasteiger charge is 2.27. The molecule has 0 heterocycles. The van der Waals surface area contributed by atoms with Gasteiger partial charge >= 0.3 is 7.82 Å². The number of nitrogens with zero attached hydrogens (tertiary/aromatic N) is 1. The maximum atomic E-state index is 12.9. The SMILES string of the molecule is CCCCCCCCCCCC/C=C/C(O)C(COP(=O)(O)OCC[N+](C)(C)C)NC(=O)CCCCCCCCCCCCCCC/C=C\CCCCCCCCCCCCCC. The summed E-state index contributed by atoms with van der Waals surface area (Å²) in [5.74, 6) is -0.175. The molecule has 0 spiro atoms. The summed E-state index contributed by atoms with van der Waals surface area (Å²) in [5.41, 5.74) is 0. The number of hydrogen-bond acceptors (Lipinski definition) is 5. The van der Waals surface area contributed by atoms with Crippen LogP contribution in [0.4, 0.5) is 0 Å². The second kappa shape index (κ2) is 46.1. The summed E-state index contributed by atoms with van der Waals surface area (Å²) in [6, 6.07) is -0.843. The summed E-state index contributed by atoms with van der Waals surface area (Å²) >= 11 is 0. The standard InChI is InChI=1S/C54H107N2O6P/c1-6-8-10-12-14-16-18-20-21-22-23-24-25-26-27-28-29-30-31-32-33-34-35-36-38-40-42-44-46-48-54(58)55-52(51-62-63(59,60)61-50-49-56(3,4)5)53(57)47-45-43-41-39-37-19-17-15-13-11-9-7-2/h26-27,45,47,52-53,57H,6-25,28-44,46,48-51H2,1-5H3,(H-,55,58,59,60)/p+1/b27-26-,47-45+. The molecule has 9 heteroatoms. The minimum absolute atomic E-state index is 0.0631. The maximum Gasteiger partial charge on any atom is 0.472 e. The Morgan fingerprint density at radius 3 is 1.22 bits per heavy atom. The van der Waals surface area contributed by atoms with Crippen LogP contribution in [0.25, 0.3) is 0 Å². The zero-order valence-corrected chi connectivity index (χ0v) is 43.5. The molecule has 0 bridgehead atoms. The molecule has 3 atom stereocenters. The Bertz CT molecular complexity index is 1080. The van der Waals surface area contributed by atoms with Crippen LogP contribution in [0.3, 0.4) is 0 Å². The number of unbranched alkanes of at least 4 members (excludes halogenated alkanes) is 35. The Balaban J connectivity index is 4.06. The number of aliphatic hydroxyl groups excluding tert-OH is 1. The molecule has 0 rings (SSSR count). The summed E-state index contributed by atoms with van der Waals surface area (Å²) < 4.78 is 23.6. The van der Waals surface area contributed by atoms with E-state index < -0.39 is 20.0 Å². The van der Waals surface area contributed by atoms with Crippen LogP contribution in [0.5, 0.6) is 0 Å². The van der Waals surface area contributed by atoms with Crippen molar-refractivity contribution in [3.63, 3.8) is 0 Å². The zero-order chi connectivity index (χ0) is 46.4. The molecule has 0 aromatic heterocycles. The number of quaternary nitrogens is 1. The summed E-state index contributed by atoms with van der Waals surface area (Å²) in [5, 5.41) is 13.9. The molecule has 3 unspecified atom stereocenters. The molecule has 0 aromatic carbocycles. The maximum absolute atomic E-state index is 12.9. The molecule has 0 aliphatic carbocycles. The number of hydrogen-bond donors (Lipinski definition) is 3. The quantitative estimate of drug-likeness (QED) is 0.0243. The largest absolute Gasteiger partial charge is 0.472 e. The van der Waals surface area contributed by atoms with Crippen molar-refractivity contribution in [2.75, 3.05) is 40.9 Å². The number of allylic oxidation sites excluding steroid dienone is 3. The predicted molar refractivity (Wildman–Crippen MR) is 272 cm³/mol. The van der Waals surface area contributed by atoms with Crippen LogP contribution in [0.1, 0.15) is 264 Å². The molecule has 8 nitrogen and oxygen atoms in total. The van der Waals surface area contributed by atoms with Gasteiger partial charge in [-0.05, 0) is 44.9 Å². The normalized spacial score (nSPS) is 14.2. The van der Waals surface area contributed by atoms with Gasteiger partial charge in [0.25, 0.3) is 0 Å². The second-order valence-corrected chi connectivity index (χ2v) is 21.4. The molecule has 374 valence electrons. The highest BCUT2D eigenvalue weighted by atomic mass is 31.2. The van der Waals surface area contributed by atoms with Crippen molar-refractivity contribution in [2.24, 2.45) is 0 Å². The first kappa shape index (κ1) is 62.0. The lowest BCUT2D eigenvalue weighted by Crippen LogP contribution is -2.45. The van der Waals surface area contributed by atoms with Gasteiger partial charge in [-0.15, -0.1) is 0 Å². The number of amides is 1. The first-order valence-corrected chi connectivity index (χ1v) is 28.7. The number of phosphoric acid groups is 1. The highest BCUT2D eigenvalue weighted by molar-refractivity contribution is 7.47. The fourth-order valence-corrected chi connectivity index (χ4v) is 8.83. The van der Waals surface area contributed by atoms with Gasteiger partial charge in [-0.25, -0.2) is 4.57 Å². The van der Waals surface area contributed by atoms with Crippen molar-refractivity contribution in [3.05, 3.63) is 24.3 Å². The Morgan fingerprint density at radius 2 is 0.857 bits per heavy atom. The number of phosphoric ester groups is 1. The van der Waals surface area contributed by atoms with Crippen LogP contribution in [0.15, 0.2) is 24.3 Å². The average Bonchev–Trinajstić information content (AvgIpc) is 3.24. The molecule has 0 aliphatic rings. The van der Waals surface area contributed by atoms with E-state index in [-0.39, 0.29) is 19.1 Å². The third-order valence-corrected chi connectivity index (χ3v) is 13.4. The number of carbonyl (C=O) groups excluding carboxylic acids is 1. The molecule has 0 aromatic rings. The van der Waals surface area contributed by atoms with Crippen LogP contribution in [0.2, 0.25) is 0 Å². The van der Waals surface area contributed by atoms with Gasteiger partial charge in [0.1, 0.15) is 13.2 Å². The van der Waals surface area contributed by atoms with E-state index in [9.17, 15) is 19.4 Å². The fraction of sp³-hybridized carbons (Fsp3) is 0.907. The van der Waals surface area contributed by atoms with E-state index in [1.807, 2.05) is 27.2 Å². The van der Waals surface area contributed by atoms with E-state index in [1.54, 1.807) is 6.08 Å². The van der Waals surface area contributed by atoms with Gasteiger partial charge in [0, 0.05) is 6.42 Å². The Labute approximate surface area is 392 Å². The number of carbonyl (C=O) groups is 1. The molecular formula is C54H108N2O6P+. The van der Waals surface area contributed by atoms with E-state index in [0.29, 0.717) is 17.4 Å². The number of likely N-dealkylation sites (N-methyl/N-ethyl adjacent to an activating group) is 1.